The topological polar surface area (TPSA) is 72.5 Å². The Kier molecular flexibility index (Phi) is 5.45. The van der Waals surface area contributed by atoms with E-state index < -0.39 is 29.9 Å². The van der Waals surface area contributed by atoms with Crippen molar-refractivity contribution >= 4 is 5.91 Å². The molecule has 10 heteroatoms. The minimum absolute atomic E-state index is 0.0112. The highest BCUT2D eigenvalue weighted by Gasteiger charge is 2.64. The fraction of sp³-hybridized carbons (Fsp3) is 0.647. The Labute approximate surface area is 153 Å². The Morgan fingerprint density at radius 2 is 2.15 bits per heavy atom. The molecule has 1 saturated carbocycles. The van der Waals surface area contributed by atoms with Crippen LogP contribution < -0.4 is 20.1 Å². The van der Waals surface area contributed by atoms with Crippen molar-refractivity contribution in [2.24, 2.45) is 5.41 Å². The Bertz CT molecular complexity index is 701. The number of carbonyl (C=O) groups is 1. The number of nitrogens with one attached hydrogen (secondary N) is 2. The van der Waals surface area contributed by atoms with Gasteiger partial charge in [0, 0.05) is 12.1 Å². The average Bonchev–Trinajstić information content (AvgIpc) is 3.23. The van der Waals surface area contributed by atoms with Crippen LogP contribution in [0.15, 0.2) is 6.07 Å². The largest absolute Gasteiger partial charge is 0.481 e. The molecule has 1 aliphatic heterocycles. The van der Waals surface area contributed by atoms with Crippen molar-refractivity contribution in [1.82, 2.24) is 15.6 Å². The lowest BCUT2D eigenvalue weighted by atomic mass is 10.1. The van der Waals surface area contributed by atoms with Gasteiger partial charge < -0.3 is 20.1 Å². The number of aromatic nitrogens is 1. The molecular formula is C17H21F4N3O3. The number of alkyl halides is 3. The number of pyridine rings is 1. The smallest absolute Gasteiger partial charge is 0.397 e. The maximum Gasteiger partial charge on any atom is 0.397 e. The van der Waals surface area contributed by atoms with Gasteiger partial charge in [0.1, 0.15) is 12.0 Å². The molecule has 1 saturated heterocycles. The molecule has 150 valence electrons. The Morgan fingerprint density at radius 1 is 1.41 bits per heavy atom. The molecule has 1 aliphatic carbocycles. The molecule has 2 heterocycles. The molecule has 0 spiro atoms. The fourth-order valence-corrected chi connectivity index (χ4v) is 2.98. The molecule has 1 aromatic heterocycles. The number of methoxy groups -OCH3 is 1. The normalized spacial score (nSPS) is 21.0. The van der Waals surface area contributed by atoms with E-state index in [4.69, 9.17) is 9.47 Å². The first-order valence-electron chi connectivity index (χ1n) is 8.70. The van der Waals surface area contributed by atoms with Gasteiger partial charge in [-0.3, -0.25) is 4.79 Å². The summed E-state index contributed by atoms with van der Waals surface area (Å²) in [5, 5.41) is 5.72. The zero-order valence-corrected chi connectivity index (χ0v) is 14.8. The molecule has 3 rings (SSSR count). The van der Waals surface area contributed by atoms with E-state index in [1.54, 1.807) is 0 Å². The molecule has 1 amide bonds. The minimum atomic E-state index is -4.40. The van der Waals surface area contributed by atoms with Crippen molar-refractivity contribution in [2.45, 2.75) is 44.4 Å². The number of ether oxygens (including phenoxy) is 2. The lowest BCUT2D eigenvalue weighted by Crippen LogP contribution is -2.40. The third-order valence-electron chi connectivity index (χ3n) is 4.95. The highest BCUT2D eigenvalue weighted by atomic mass is 19.4. The van der Waals surface area contributed by atoms with Gasteiger partial charge in [0.15, 0.2) is 5.82 Å². The van der Waals surface area contributed by atoms with Crippen molar-refractivity contribution in [3.05, 3.63) is 17.4 Å². The summed E-state index contributed by atoms with van der Waals surface area (Å²) in [6.07, 6.45) is -2.86. The average molecular weight is 391 g/mol. The van der Waals surface area contributed by atoms with Crippen LogP contribution in [0.25, 0.3) is 0 Å². The zero-order chi connectivity index (χ0) is 19.7. The standard InChI is InChI=1S/C17H21F4N3O3/c1-26-14-10(8-23-13(25)12-3-2-6-22-12)7-11(18)15(24-14)27-9-16(4-5-16)17(19,20)21/h7,12,22H,2-6,8-9H2,1H3,(H,23,25). The maximum absolute atomic E-state index is 14.2. The lowest BCUT2D eigenvalue weighted by molar-refractivity contribution is -0.194. The predicted molar refractivity (Wildman–Crippen MR) is 86.8 cm³/mol. The van der Waals surface area contributed by atoms with Crippen molar-refractivity contribution < 1.29 is 31.8 Å². The van der Waals surface area contributed by atoms with Gasteiger partial charge in [-0.1, -0.05) is 0 Å². The second-order valence-electron chi connectivity index (χ2n) is 6.88. The lowest BCUT2D eigenvalue weighted by Gasteiger charge is -2.20. The van der Waals surface area contributed by atoms with E-state index in [0.29, 0.717) is 0 Å². The van der Waals surface area contributed by atoms with Crippen LogP contribution in [0.2, 0.25) is 0 Å². The van der Waals surface area contributed by atoms with E-state index in [-0.39, 0.29) is 42.8 Å². The summed E-state index contributed by atoms with van der Waals surface area (Å²) in [5.41, 5.74) is -1.65. The van der Waals surface area contributed by atoms with E-state index in [1.165, 1.54) is 7.11 Å². The fourth-order valence-electron chi connectivity index (χ4n) is 2.98. The van der Waals surface area contributed by atoms with Crippen LogP contribution >= 0.6 is 0 Å². The summed E-state index contributed by atoms with van der Waals surface area (Å²) < 4.78 is 63.2. The molecule has 2 fully saturated rings. The molecule has 0 aromatic carbocycles. The summed E-state index contributed by atoms with van der Waals surface area (Å²) in [6, 6.07) is 0.768. The summed E-state index contributed by atoms with van der Waals surface area (Å²) in [6.45, 7) is 0.0624. The number of carbonyl (C=O) groups excluding carboxylic acids is 1. The molecule has 2 aliphatic rings. The van der Waals surface area contributed by atoms with E-state index in [1.807, 2.05) is 0 Å². The van der Waals surface area contributed by atoms with Gasteiger partial charge in [0.05, 0.1) is 13.2 Å². The second kappa shape index (κ2) is 7.49. The van der Waals surface area contributed by atoms with Crippen LogP contribution in [0.1, 0.15) is 31.2 Å². The number of rotatable bonds is 7. The van der Waals surface area contributed by atoms with Crippen LogP contribution in [-0.4, -0.2) is 43.4 Å². The zero-order valence-electron chi connectivity index (χ0n) is 14.8. The molecular weight excluding hydrogens is 370 g/mol. The Balaban J connectivity index is 1.65. The monoisotopic (exact) mass is 391 g/mol. The molecule has 1 unspecified atom stereocenters. The van der Waals surface area contributed by atoms with Crippen LogP contribution in [-0.2, 0) is 11.3 Å². The van der Waals surface area contributed by atoms with E-state index in [2.05, 4.69) is 15.6 Å². The van der Waals surface area contributed by atoms with Gasteiger partial charge in [-0.2, -0.15) is 18.2 Å². The quantitative estimate of drug-likeness (QED) is 0.698. The molecule has 0 radical (unpaired) electrons. The highest BCUT2D eigenvalue weighted by molar-refractivity contribution is 5.82. The third kappa shape index (κ3) is 4.26. The van der Waals surface area contributed by atoms with Crippen molar-refractivity contribution in [1.29, 1.82) is 0 Å². The Morgan fingerprint density at radius 3 is 2.70 bits per heavy atom. The summed E-state index contributed by atoms with van der Waals surface area (Å²) in [4.78, 5) is 15.8. The van der Waals surface area contributed by atoms with Gasteiger partial charge in [-0.05, 0) is 38.3 Å². The van der Waals surface area contributed by atoms with E-state index in [0.717, 1.165) is 25.5 Å². The first-order valence-corrected chi connectivity index (χ1v) is 8.70. The molecule has 1 aromatic rings. The minimum Gasteiger partial charge on any atom is -0.481 e. The van der Waals surface area contributed by atoms with E-state index in [9.17, 15) is 22.4 Å². The maximum atomic E-state index is 14.2. The van der Waals surface area contributed by atoms with Crippen LogP contribution in [0, 0.1) is 11.2 Å². The van der Waals surface area contributed by atoms with Gasteiger partial charge in [-0.25, -0.2) is 4.39 Å². The van der Waals surface area contributed by atoms with Gasteiger partial charge in [0.25, 0.3) is 5.88 Å². The van der Waals surface area contributed by atoms with Crippen LogP contribution in [0.4, 0.5) is 17.6 Å². The summed E-state index contributed by atoms with van der Waals surface area (Å²) >= 11 is 0. The molecule has 2 N–H and O–H groups in total. The van der Waals surface area contributed by atoms with Crippen LogP contribution in [0.3, 0.4) is 0 Å². The SMILES string of the molecule is COc1nc(OCC2(C(F)(F)F)CC2)c(F)cc1CNC(=O)C1CCCN1. The molecule has 27 heavy (non-hydrogen) atoms. The van der Waals surface area contributed by atoms with Gasteiger partial charge >= 0.3 is 6.18 Å². The molecule has 6 nitrogen and oxygen atoms in total. The number of hydrogen-bond acceptors (Lipinski definition) is 5. The summed E-state index contributed by atoms with van der Waals surface area (Å²) in [5.74, 6) is -1.67. The number of amides is 1. The molecule has 0 bridgehead atoms. The summed E-state index contributed by atoms with van der Waals surface area (Å²) in [7, 11) is 1.30. The van der Waals surface area contributed by atoms with Gasteiger partial charge in [-0.15, -0.1) is 0 Å². The Hall–Kier alpha value is -2.10. The number of halogens is 4. The number of nitrogens with zero attached hydrogens (tertiary/aromatic N) is 1. The first-order chi connectivity index (χ1) is 12.8. The highest BCUT2D eigenvalue weighted by Crippen LogP contribution is 2.57. The second-order valence-corrected chi connectivity index (χ2v) is 6.88. The van der Waals surface area contributed by atoms with Crippen molar-refractivity contribution in [2.75, 3.05) is 20.3 Å². The van der Waals surface area contributed by atoms with E-state index >= 15 is 0 Å². The van der Waals surface area contributed by atoms with Gasteiger partial charge in [0.2, 0.25) is 11.8 Å². The number of hydrogen-bond donors (Lipinski definition) is 2. The third-order valence-corrected chi connectivity index (χ3v) is 4.95. The van der Waals surface area contributed by atoms with Crippen molar-refractivity contribution in [3.63, 3.8) is 0 Å². The van der Waals surface area contributed by atoms with Crippen molar-refractivity contribution in [3.8, 4) is 11.8 Å². The first kappa shape index (κ1) is 19.7. The van der Waals surface area contributed by atoms with Crippen LogP contribution in [0.5, 0.6) is 11.8 Å². The predicted octanol–water partition coefficient (Wildman–Crippen LogP) is 2.32. The molecule has 1 atom stereocenters.